The number of carbonyl (C=O) groups is 1. The van der Waals surface area contributed by atoms with Crippen LogP contribution < -0.4 is 15.1 Å². The number of para-hydroxylation sites is 1. The van der Waals surface area contributed by atoms with Crippen LogP contribution in [0.4, 0.5) is 23.0 Å². The normalized spacial score (nSPS) is 16.1. The number of benzene rings is 2. The number of nitrogens with one attached hydrogen (secondary N) is 1. The summed E-state index contributed by atoms with van der Waals surface area (Å²) in [6.45, 7) is 6.03. The van der Waals surface area contributed by atoms with E-state index < -0.39 is 0 Å². The highest BCUT2D eigenvalue weighted by molar-refractivity contribution is 7.99. The average molecular weight is 570 g/mol. The molecule has 5 rings (SSSR count). The molecule has 2 aromatic carbocycles. The van der Waals surface area contributed by atoms with Crippen LogP contribution in [0.2, 0.25) is 10.0 Å². The average Bonchev–Trinajstić information content (AvgIpc) is 2.90. The molecule has 0 aliphatic carbocycles. The number of amides is 1. The number of hydrogen-bond donors (Lipinski definition) is 1. The number of carbonyl (C=O) groups excluding carboxylic acids is 1. The highest BCUT2D eigenvalue weighted by Gasteiger charge is 2.30. The fraction of sp³-hybridized carbons (Fsp3) is 0.321. The maximum atomic E-state index is 13.2. The molecule has 1 N–H and O–H groups in total. The van der Waals surface area contributed by atoms with Crippen LogP contribution in [-0.4, -0.2) is 59.9 Å². The van der Waals surface area contributed by atoms with Crippen molar-refractivity contribution in [2.75, 3.05) is 48.2 Å². The summed E-state index contributed by atoms with van der Waals surface area (Å²) in [4.78, 5) is 28.7. The van der Waals surface area contributed by atoms with Crippen molar-refractivity contribution < 1.29 is 4.79 Å². The Bertz CT molecular complexity index is 1340. The molecule has 1 aromatic heterocycles. The second kappa shape index (κ2) is 11.5. The lowest BCUT2D eigenvalue weighted by Gasteiger charge is -2.37. The van der Waals surface area contributed by atoms with Gasteiger partial charge >= 0.3 is 0 Å². The third-order valence-corrected chi connectivity index (χ3v) is 8.58. The number of thioether (sulfide) groups is 1. The number of halogens is 2. The van der Waals surface area contributed by atoms with Crippen LogP contribution in [0.15, 0.2) is 60.3 Å². The number of nitrogens with zero attached hydrogens (tertiary/aromatic N) is 5. The summed E-state index contributed by atoms with van der Waals surface area (Å²) >= 11 is 14.1. The van der Waals surface area contributed by atoms with Crippen LogP contribution in [0.1, 0.15) is 28.8 Å². The van der Waals surface area contributed by atoms with E-state index in [1.807, 2.05) is 6.08 Å². The maximum Gasteiger partial charge on any atom is 0.263 e. The van der Waals surface area contributed by atoms with Crippen molar-refractivity contribution in [3.8, 4) is 0 Å². The van der Waals surface area contributed by atoms with Gasteiger partial charge in [-0.1, -0.05) is 47.1 Å². The standard InChI is InChI=1S/C28H30Cl2N6OS/c1-4-6-18-15-19(9-10-24(18)35-13-11-20(12-14-35)34(2)3)32-28-31-16-21-26(33-28)38-17-36(27(21)37)25-22(29)7-5-8-23(25)30/h4-5,7-10,15-16,20H,1,6,11-14,17H2,2-3H3,(H,31,32,33). The van der Waals surface area contributed by atoms with E-state index in [1.54, 1.807) is 29.3 Å². The fourth-order valence-electron chi connectivity index (χ4n) is 4.97. The third-order valence-electron chi connectivity index (χ3n) is 7.00. The number of anilines is 4. The molecule has 1 fully saturated rings. The van der Waals surface area contributed by atoms with Crippen molar-refractivity contribution in [3.05, 3.63) is 76.4 Å². The first kappa shape index (κ1) is 26.8. The van der Waals surface area contributed by atoms with Crippen molar-refractivity contribution in [2.45, 2.75) is 30.3 Å². The van der Waals surface area contributed by atoms with Crippen molar-refractivity contribution >= 4 is 63.9 Å². The zero-order valence-electron chi connectivity index (χ0n) is 21.5. The maximum absolute atomic E-state index is 13.2. The molecule has 10 heteroatoms. The van der Waals surface area contributed by atoms with Gasteiger partial charge in [0.25, 0.3) is 5.91 Å². The molecule has 198 valence electrons. The minimum absolute atomic E-state index is 0.226. The van der Waals surface area contributed by atoms with Crippen molar-refractivity contribution in [1.29, 1.82) is 0 Å². The van der Waals surface area contributed by atoms with E-state index in [4.69, 9.17) is 23.2 Å². The predicted molar refractivity (Wildman–Crippen MR) is 159 cm³/mol. The van der Waals surface area contributed by atoms with E-state index in [-0.39, 0.29) is 5.91 Å². The van der Waals surface area contributed by atoms with Gasteiger partial charge in [-0.2, -0.15) is 0 Å². The number of fused-ring (bicyclic) bond motifs is 1. The Morgan fingerprint density at radius 1 is 1.18 bits per heavy atom. The Balaban J connectivity index is 1.33. The van der Waals surface area contributed by atoms with Gasteiger partial charge in [0.15, 0.2) is 0 Å². The molecule has 1 saturated heterocycles. The first-order valence-electron chi connectivity index (χ1n) is 12.5. The van der Waals surface area contributed by atoms with Gasteiger partial charge in [-0.3, -0.25) is 9.69 Å². The summed E-state index contributed by atoms with van der Waals surface area (Å²) in [5.41, 5.74) is 4.28. The van der Waals surface area contributed by atoms with E-state index in [1.165, 1.54) is 23.0 Å². The summed E-state index contributed by atoms with van der Waals surface area (Å²) in [7, 11) is 4.32. The van der Waals surface area contributed by atoms with Crippen molar-refractivity contribution in [3.63, 3.8) is 0 Å². The SMILES string of the molecule is C=CCc1cc(Nc2ncc3c(n2)SCN(c2c(Cl)cccc2Cl)C3=O)ccc1N1CCC(N(C)C)CC1. The molecule has 38 heavy (non-hydrogen) atoms. The quantitative estimate of drug-likeness (QED) is 0.258. The van der Waals surface area contributed by atoms with E-state index in [0.29, 0.717) is 44.2 Å². The number of allylic oxidation sites excluding steroid dienone is 1. The van der Waals surface area contributed by atoms with Crippen LogP contribution in [-0.2, 0) is 6.42 Å². The number of piperidine rings is 1. The molecule has 0 radical (unpaired) electrons. The Labute approximate surface area is 237 Å². The second-order valence-corrected chi connectivity index (χ2v) is 11.4. The van der Waals surface area contributed by atoms with Gasteiger partial charge in [-0.05, 0) is 69.3 Å². The molecule has 0 spiro atoms. The monoisotopic (exact) mass is 568 g/mol. The number of rotatable bonds is 7. The minimum atomic E-state index is -0.226. The summed E-state index contributed by atoms with van der Waals surface area (Å²) in [6, 6.07) is 12.2. The fourth-order valence-corrected chi connectivity index (χ4v) is 6.51. The van der Waals surface area contributed by atoms with Gasteiger partial charge in [-0.25, -0.2) is 9.97 Å². The molecular formula is C28H30Cl2N6OS. The van der Waals surface area contributed by atoms with Gasteiger partial charge in [0.1, 0.15) is 5.03 Å². The van der Waals surface area contributed by atoms with Crippen molar-refractivity contribution in [2.24, 2.45) is 0 Å². The second-order valence-electron chi connectivity index (χ2n) is 9.63. The summed E-state index contributed by atoms with van der Waals surface area (Å²) in [5, 5.41) is 4.79. The molecule has 3 aromatic rings. The van der Waals surface area contributed by atoms with Crippen LogP contribution in [0.3, 0.4) is 0 Å². The smallest absolute Gasteiger partial charge is 0.263 e. The molecule has 2 aliphatic heterocycles. The van der Waals surface area contributed by atoms with Gasteiger partial charge in [0.05, 0.1) is 27.2 Å². The molecule has 0 atom stereocenters. The first-order chi connectivity index (χ1) is 18.4. The Morgan fingerprint density at radius 3 is 2.61 bits per heavy atom. The van der Waals surface area contributed by atoms with Gasteiger partial charge in [-0.15, -0.1) is 6.58 Å². The lowest BCUT2D eigenvalue weighted by Crippen LogP contribution is -2.42. The zero-order valence-corrected chi connectivity index (χ0v) is 23.8. The van der Waals surface area contributed by atoms with Crippen LogP contribution in [0.25, 0.3) is 0 Å². The van der Waals surface area contributed by atoms with E-state index in [2.05, 4.69) is 64.0 Å². The molecule has 0 saturated carbocycles. The van der Waals surface area contributed by atoms with E-state index >= 15 is 0 Å². The first-order valence-corrected chi connectivity index (χ1v) is 14.3. The highest BCUT2D eigenvalue weighted by Crippen LogP contribution is 2.39. The van der Waals surface area contributed by atoms with Crippen molar-refractivity contribution in [1.82, 2.24) is 14.9 Å². The van der Waals surface area contributed by atoms with Gasteiger partial charge in [0.2, 0.25) is 5.95 Å². The molecule has 2 aliphatic rings. The molecule has 0 bridgehead atoms. The topological polar surface area (TPSA) is 64.6 Å². The molecule has 7 nitrogen and oxygen atoms in total. The summed E-state index contributed by atoms with van der Waals surface area (Å²) in [5.74, 6) is 0.572. The summed E-state index contributed by atoms with van der Waals surface area (Å²) < 4.78 is 0. The number of hydrogen-bond acceptors (Lipinski definition) is 7. The minimum Gasteiger partial charge on any atom is -0.371 e. The zero-order chi connectivity index (χ0) is 26.8. The largest absolute Gasteiger partial charge is 0.371 e. The van der Waals surface area contributed by atoms with Crippen LogP contribution >= 0.6 is 35.0 Å². The molecule has 3 heterocycles. The third kappa shape index (κ3) is 5.50. The van der Waals surface area contributed by atoms with E-state index in [9.17, 15) is 4.79 Å². The lowest BCUT2D eigenvalue weighted by molar-refractivity contribution is 0.0985. The predicted octanol–water partition coefficient (Wildman–Crippen LogP) is 6.50. The van der Waals surface area contributed by atoms with Crippen LogP contribution in [0.5, 0.6) is 0 Å². The van der Waals surface area contributed by atoms with E-state index in [0.717, 1.165) is 38.0 Å². The van der Waals surface area contributed by atoms with Gasteiger partial charge < -0.3 is 15.1 Å². The lowest BCUT2D eigenvalue weighted by atomic mass is 10.0. The molecule has 1 amide bonds. The Morgan fingerprint density at radius 2 is 1.92 bits per heavy atom. The van der Waals surface area contributed by atoms with Crippen LogP contribution in [0, 0.1) is 0 Å². The highest BCUT2D eigenvalue weighted by atomic mass is 35.5. The number of aromatic nitrogens is 2. The summed E-state index contributed by atoms with van der Waals surface area (Å²) in [6.07, 6.45) is 6.57. The van der Waals surface area contributed by atoms with Gasteiger partial charge in [0, 0.05) is 36.7 Å². The molecular weight excluding hydrogens is 539 g/mol. The Kier molecular flexibility index (Phi) is 8.14. The molecule has 0 unspecified atom stereocenters. The Hall–Kier alpha value is -2.78.